The Morgan fingerprint density at radius 3 is 2.52 bits per heavy atom. The van der Waals surface area contributed by atoms with Gasteiger partial charge in [-0.1, -0.05) is 29.8 Å². The second kappa shape index (κ2) is 9.04. The molecule has 29 heavy (non-hydrogen) atoms. The molecule has 0 bridgehead atoms. The molecule has 0 amide bonds. The lowest BCUT2D eigenvalue weighted by Gasteiger charge is -2.19. The van der Waals surface area contributed by atoms with Crippen molar-refractivity contribution in [3.63, 3.8) is 0 Å². The van der Waals surface area contributed by atoms with Crippen molar-refractivity contribution in [3.8, 4) is 0 Å². The number of hydrogen-bond acceptors (Lipinski definition) is 5. The zero-order chi connectivity index (χ0) is 21.9. The molecule has 2 rings (SSSR count). The molecule has 2 atom stereocenters. The highest BCUT2D eigenvalue weighted by atomic mass is 35.5. The van der Waals surface area contributed by atoms with Crippen molar-refractivity contribution in [3.05, 3.63) is 45.5 Å². The van der Waals surface area contributed by atoms with Crippen LogP contribution in [0.25, 0.3) is 0 Å². The van der Waals surface area contributed by atoms with Gasteiger partial charge in [0.2, 0.25) is 6.10 Å². The van der Waals surface area contributed by atoms with Crippen LogP contribution < -0.4 is 0 Å². The lowest BCUT2D eigenvalue weighted by molar-refractivity contribution is -0.222. The first-order valence-corrected chi connectivity index (χ1v) is 8.98. The highest BCUT2D eigenvalue weighted by Gasteiger charge is 2.44. The van der Waals surface area contributed by atoms with Crippen molar-refractivity contribution in [1.29, 1.82) is 0 Å². The zero-order valence-corrected chi connectivity index (χ0v) is 16.2. The van der Waals surface area contributed by atoms with E-state index in [1.165, 1.54) is 0 Å². The number of alkyl halides is 3. The van der Waals surface area contributed by atoms with Crippen LogP contribution >= 0.6 is 23.2 Å². The normalized spacial score (nSPS) is 16.7. The Labute approximate surface area is 173 Å². The van der Waals surface area contributed by atoms with Crippen LogP contribution in [-0.2, 0) is 30.3 Å². The summed E-state index contributed by atoms with van der Waals surface area (Å²) in [7, 11) is 0. The van der Waals surface area contributed by atoms with E-state index < -0.39 is 54.7 Å². The number of esters is 2. The molecule has 1 unspecified atom stereocenters. The number of hydrogen-bond donors (Lipinski definition) is 1. The summed E-state index contributed by atoms with van der Waals surface area (Å²) in [6.45, 7) is 3.22. The maximum absolute atomic E-state index is 12.8. The highest BCUT2D eigenvalue weighted by Crippen LogP contribution is 2.40. The predicted octanol–water partition coefficient (Wildman–Crippen LogP) is 4.42. The van der Waals surface area contributed by atoms with E-state index in [2.05, 4.69) is 11.3 Å². The van der Waals surface area contributed by atoms with Crippen molar-refractivity contribution < 1.29 is 42.1 Å². The lowest BCUT2D eigenvalue weighted by atomic mass is 10.1. The van der Waals surface area contributed by atoms with Crippen molar-refractivity contribution in [2.45, 2.75) is 44.1 Å². The molecular weight excluding hydrogens is 440 g/mol. The van der Waals surface area contributed by atoms with Gasteiger partial charge < -0.3 is 14.6 Å². The summed E-state index contributed by atoms with van der Waals surface area (Å²) in [5, 5.41) is 9.29. The van der Waals surface area contributed by atoms with Crippen LogP contribution in [0, 0.1) is 0 Å². The molecule has 11 heteroatoms. The van der Waals surface area contributed by atoms with Crippen LogP contribution in [0.1, 0.15) is 36.5 Å². The summed E-state index contributed by atoms with van der Waals surface area (Å²) >= 11 is 12.0. The summed E-state index contributed by atoms with van der Waals surface area (Å²) in [5.41, 5.74) is 0.786. The molecule has 0 spiro atoms. The summed E-state index contributed by atoms with van der Waals surface area (Å²) in [6.07, 6.45) is -9.84. The topological polar surface area (TPSA) is 89.9 Å². The van der Waals surface area contributed by atoms with Gasteiger partial charge in [-0.15, -0.1) is 0 Å². The largest absolute Gasteiger partial charge is 0.481 e. The van der Waals surface area contributed by atoms with Crippen molar-refractivity contribution in [1.82, 2.24) is 0 Å². The fourth-order valence-electron chi connectivity index (χ4n) is 2.77. The van der Waals surface area contributed by atoms with Gasteiger partial charge in [0.05, 0.1) is 12.8 Å². The van der Waals surface area contributed by atoms with E-state index in [0.717, 1.165) is 5.56 Å². The van der Waals surface area contributed by atoms with E-state index in [4.69, 9.17) is 33.0 Å². The molecular formula is C18H15Cl2F3O6. The number of fused-ring (bicyclic) bond motifs is 1. The molecule has 1 N–H and O–H groups in total. The van der Waals surface area contributed by atoms with Crippen LogP contribution in [0.5, 0.6) is 0 Å². The molecule has 0 saturated carbocycles. The molecule has 1 aromatic carbocycles. The molecule has 0 aliphatic heterocycles. The van der Waals surface area contributed by atoms with Gasteiger partial charge in [0.1, 0.15) is 6.10 Å². The third-order valence-electron chi connectivity index (χ3n) is 4.09. The number of benzene rings is 1. The Morgan fingerprint density at radius 1 is 1.28 bits per heavy atom. The zero-order valence-electron chi connectivity index (χ0n) is 14.7. The number of halogens is 5. The van der Waals surface area contributed by atoms with E-state index in [-0.39, 0.29) is 0 Å². The fraction of sp³-hybridized carbons (Fsp3) is 0.389. The molecule has 1 aliphatic carbocycles. The second-order valence-electron chi connectivity index (χ2n) is 6.29. The van der Waals surface area contributed by atoms with E-state index in [0.29, 0.717) is 28.5 Å². The molecule has 1 aromatic rings. The van der Waals surface area contributed by atoms with E-state index in [1.807, 2.05) is 0 Å². The van der Waals surface area contributed by atoms with Crippen LogP contribution in [-0.4, -0.2) is 35.3 Å². The van der Waals surface area contributed by atoms with Gasteiger partial charge >= 0.3 is 24.1 Å². The smallest absolute Gasteiger partial charge is 0.426 e. The Hall–Kier alpha value is -2.26. The van der Waals surface area contributed by atoms with Gasteiger partial charge in [-0.2, -0.15) is 13.2 Å². The molecule has 6 nitrogen and oxygen atoms in total. The van der Waals surface area contributed by atoms with Gasteiger partial charge in [0.25, 0.3) is 0 Å². The monoisotopic (exact) mass is 454 g/mol. The van der Waals surface area contributed by atoms with Gasteiger partial charge in [0, 0.05) is 15.6 Å². The first-order valence-electron chi connectivity index (χ1n) is 8.23. The van der Waals surface area contributed by atoms with Crippen molar-refractivity contribution in [2.24, 2.45) is 0 Å². The first-order chi connectivity index (χ1) is 13.4. The van der Waals surface area contributed by atoms with Crippen LogP contribution in [0.15, 0.2) is 24.3 Å². The quantitative estimate of drug-likeness (QED) is 0.484. The molecule has 158 valence electrons. The summed E-state index contributed by atoms with van der Waals surface area (Å²) in [4.78, 5) is 34.4. The van der Waals surface area contributed by atoms with Crippen LogP contribution in [0.3, 0.4) is 0 Å². The SMILES string of the molecule is C=C(CC(=O)OC1CCc2c(Cl)cc(Cl)cc21)C(=O)O[C@@H](CC(=O)O)C(F)(F)F. The average Bonchev–Trinajstić information content (AvgIpc) is 2.95. The first kappa shape index (κ1) is 23.0. The fourth-order valence-corrected chi connectivity index (χ4v) is 3.37. The minimum atomic E-state index is -5.08. The van der Waals surface area contributed by atoms with Gasteiger partial charge in [0.15, 0.2) is 0 Å². The Bertz CT molecular complexity index is 853. The molecule has 0 heterocycles. The van der Waals surface area contributed by atoms with Crippen molar-refractivity contribution in [2.75, 3.05) is 0 Å². The van der Waals surface area contributed by atoms with Crippen LogP contribution in [0.4, 0.5) is 13.2 Å². The maximum atomic E-state index is 12.8. The van der Waals surface area contributed by atoms with Gasteiger partial charge in [-0.05, 0) is 36.1 Å². The summed E-state index contributed by atoms with van der Waals surface area (Å²) in [5.74, 6) is -4.26. The average molecular weight is 455 g/mol. The standard InChI is InChI=1S/C18H15Cl2F3O6/c1-8(17(27)29-14(7-15(24)25)18(21,22)23)4-16(26)28-13-3-2-10-11(13)5-9(19)6-12(10)20/h5-6,13-14H,1-4,7H2,(H,24,25)/t13?,14-/m0/s1. The minimum absolute atomic E-state index is 0.348. The molecule has 0 fully saturated rings. The minimum Gasteiger partial charge on any atom is -0.481 e. The number of carboxylic acid groups (broad SMARTS) is 1. The number of rotatable bonds is 7. The maximum Gasteiger partial charge on any atom is 0.426 e. The predicted molar refractivity (Wildman–Crippen MR) is 95.6 cm³/mol. The number of carbonyl (C=O) groups excluding carboxylic acids is 2. The van der Waals surface area contributed by atoms with Crippen molar-refractivity contribution >= 4 is 41.1 Å². The lowest BCUT2D eigenvalue weighted by Crippen LogP contribution is -2.36. The molecule has 0 aromatic heterocycles. The summed E-state index contributed by atoms with van der Waals surface area (Å²) in [6, 6.07) is 3.15. The van der Waals surface area contributed by atoms with Crippen LogP contribution in [0.2, 0.25) is 10.0 Å². The van der Waals surface area contributed by atoms with Gasteiger partial charge in [-0.3, -0.25) is 9.59 Å². The number of carboxylic acids is 1. The van der Waals surface area contributed by atoms with E-state index in [1.54, 1.807) is 12.1 Å². The molecule has 0 saturated heterocycles. The molecule has 0 radical (unpaired) electrons. The third-order valence-corrected chi connectivity index (χ3v) is 4.65. The highest BCUT2D eigenvalue weighted by molar-refractivity contribution is 6.35. The Balaban J connectivity index is 1.97. The van der Waals surface area contributed by atoms with E-state index >= 15 is 0 Å². The number of ether oxygens (including phenoxy) is 2. The number of aliphatic carboxylic acids is 1. The number of carbonyl (C=O) groups is 3. The van der Waals surface area contributed by atoms with E-state index in [9.17, 15) is 27.6 Å². The Kier molecular flexibility index (Phi) is 7.18. The Morgan fingerprint density at radius 2 is 1.93 bits per heavy atom. The third kappa shape index (κ3) is 6.11. The molecule has 1 aliphatic rings. The van der Waals surface area contributed by atoms with Gasteiger partial charge in [-0.25, -0.2) is 4.79 Å². The second-order valence-corrected chi connectivity index (χ2v) is 7.13. The summed E-state index contributed by atoms with van der Waals surface area (Å²) < 4.78 is 47.7.